The highest BCUT2D eigenvalue weighted by Crippen LogP contribution is 2.31. The first kappa shape index (κ1) is 20.5. The normalized spacial score (nSPS) is 10.7. The molecule has 0 amide bonds. The Labute approximate surface area is 182 Å². The summed E-state index contributed by atoms with van der Waals surface area (Å²) in [6, 6.07) is 20.1. The predicted octanol–water partition coefficient (Wildman–Crippen LogP) is 4.29. The monoisotopic (exact) mass is 410 g/mol. The van der Waals surface area contributed by atoms with Crippen molar-refractivity contribution in [3.05, 3.63) is 90.4 Å². The summed E-state index contributed by atoms with van der Waals surface area (Å²) in [6.07, 6.45) is 7.25. The Morgan fingerprint density at radius 1 is 0.903 bits per heavy atom. The van der Waals surface area contributed by atoms with Crippen LogP contribution in [0.25, 0.3) is 22.4 Å². The van der Waals surface area contributed by atoms with Crippen LogP contribution in [-0.4, -0.2) is 21.5 Å². The summed E-state index contributed by atoms with van der Waals surface area (Å²) in [7, 11) is 0. The summed E-state index contributed by atoms with van der Waals surface area (Å²) in [5.74, 6) is 0.603. The summed E-state index contributed by atoms with van der Waals surface area (Å²) >= 11 is 0. The van der Waals surface area contributed by atoms with Gasteiger partial charge in [-0.15, -0.1) is 0 Å². The topological polar surface area (TPSA) is 103 Å². The highest BCUT2D eigenvalue weighted by atomic mass is 15.1. The van der Waals surface area contributed by atoms with E-state index in [0.717, 1.165) is 58.6 Å². The average molecular weight is 411 g/mol. The molecule has 156 valence electrons. The number of aromatic nitrogens is 3. The van der Waals surface area contributed by atoms with E-state index >= 15 is 0 Å². The fourth-order valence-corrected chi connectivity index (χ4v) is 3.51. The van der Waals surface area contributed by atoms with Gasteiger partial charge in [-0.25, -0.2) is 9.97 Å². The molecule has 2 aromatic heterocycles. The molecule has 2 aromatic carbocycles. The maximum Gasteiger partial charge on any atom is 0.223 e. The number of hydrogen-bond acceptors (Lipinski definition) is 6. The number of aryl methyl sites for hydroxylation is 1. The number of para-hydroxylation sites is 1. The minimum Gasteiger partial charge on any atom is -0.399 e. The van der Waals surface area contributed by atoms with Crippen LogP contribution in [-0.2, 0) is 13.0 Å². The fourth-order valence-electron chi connectivity index (χ4n) is 3.51. The van der Waals surface area contributed by atoms with Crippen LogP contribution >= 0.6 is 0 Å². The first-order valence-corrected chi connectivity index (χ1v) is 10.4. The van der Waals surface area contributed by atoms with Gasteiger partial charge < -0.3 is 16.8 Å². The molecule has 0 unspecified atom stereocenters. The van der Waals surface area contributed by atoms with Crippen molar-refractivity contribution >= 4 is 11.6 Å². The standard InChI is InChI=1S/C25H26N6/c26-16-18-5-3-7-21(15-18)22-17-30-25(31-24(22)20-10-13-28-14-11-20)29-12-4-8-19-6-1-2-9-23(19)27/h1-3,5-7,9-11,13-15,17H,4,8,12,16,26-27H2,(H,29,30,31). The number of nitrogen functional groups attached to an aromatic ring is 1. The van der Waals surface area contributed by atoms with E-state index in [1.54, 1.807) is 12.4 Å². The van der Waals surface area contributed by atoms with E-state index in [4.69, 9.17) is 16.5 Å². The van der Waals surface area contributed by atoms with Crippen molar-refractivity contribution in [1.82, 2.24) is 15.0 Å². The van der Waals surface area contributed by atoms with Crippen LogP contribution in [0.4, 0.5) is 11.6 Å². The van der Waals surface area contributed by atoms with Crippen molar-refractivity contribution in [2.75, 3.05) is 17.6 Å². The lowest BCUT2D eigenvalue weighted by Crippen LogP contribution is -2.08. The summed E-state index contributed by atoms with van der Waals surface area (Å²) in [4.78, 5) is 13.5. The van der Waals surface area contributed by atoms with E-state index in [1.165, 1.54) is 0 Å². The number of nitrogens with one attached hydrogen (secondary N) is 1. The third-order valence-corrected chi connectivity index (χ3v) is 5.18. The van der Waals surface area contributed by atoms with Crippen LogP contribution in [0.2, 0.25) is 0 Å². The Kier molecular flexibility index (Phi) is 6.50. The maximum atomic E-state index is 6.03. The van der Waals surface area contributed by atoms with Crippen molar-refractivity contribution in [2.45, 2.75) is 19.4 Å². The Bertz CT molecular complexity index is 1140. The van der Waals surface area contributed by atoms with Gasteiger partial charge in [0.25, 0.3) is 0 Å². The Balaban J connectivity index is 1.55. The smallest absolute Gasteiger partial charge is 0.223 e. The summed E-state index contributed by atoms with van der Waals surface area (Å²) in [6.45, 7) is 1.25. The Morgan fingerprint density at radius 3 is 2.55 bits per heavy atom. The molecule has 5 N–H and O–H groups in total. The van der Waals surface area contributed by atoms with Gasteiger partial charge in [0.1, 0.15) is 0 Å². The van der Waals surface area contributed by atoms with E-state index in [0.29, 0.717) is 12.5 Å². The van der Waals surface area contributed by atoms with Crippen LogP contribution in [0.5, 0.6) is 0 Å². The number of pyridine rings is 1. The zero-order valence-electron chi connectivity index (χ0n) is 17.3. The van der Waals surface area contributed by atoms with Gasteiger partial charge in [-0.2, -0.15) is 0 Å². The zero-order chi connectivity index (χ0) is 21.5. The van der Waals surface area contributed by atoms with E-state index in [-0.39, 0.29) is 0 Å². The lowest BCUT2D eigenvalue weighted by molar-refractivity contribution is 0.855. The molecule has 0 saturated heterocycles. The third-order valence-electron chi connectivity index (χ3n) is 5.18. The molecule has 2 heterocycles. The second kappa shape index (κ2) is 9.82. The maximum absolute atomic E-state index is 6.03. The second-order valence-electron chi connectivity index (χ2n) is 7.33. The molecular weight excluding hydrogens is 384 g/mol. The van der Waals surface area contributed by atoms with E-state index in [2.05, 4.69) is 33.5 Å². The molecule has 0 atom stereocenters. The molecule has 0 saturated carbocycles. The van der Waals surface area contributed by atoms with Crippen molar-refractivity contribution in [3.63, 3.8) is 0 Å². The SMILES string of the molecule is NCc1cccc(-c2cnc(NCCCc3ccccc3N)nc2-c2ccncc2)c1. The van der Waals surface area contributed by atoms with Gasteiger partial charge >= 0.3 is 0 Å². The fraction of sp³-hybridized carbons (Fsp3) is 0.160. The Morgan fingerprint density at radius 2 is 1.74 bits per heavy atom. The lowest BCUT2D eigenvalue weighted by Gasteiger charge is -2.13. The molecule has 0 radical (unpaired) electrons. The van der Waals surface area contributed by atoms with Crippen LogP contribution in [0.3, 0.4) is 0 Å². The highest BCUT2D eigenvalue weighted by Gasteiger charge is 2.12. The van der Waals surface area contributed by atoms with E-state index in [9.17, 15) is 0 Å². The number of rotatable bonds is 8. The summed E-state index contributed by atoms with van der Waals surface area (Å²) in [5, 5.41) is 3.35. The quantitative estimate of drug-likeness (QED) is 0.296. The molecule has 0 fully saturated rings. The second-order valence-corrected chi connectivity index (χ2v) is 7.33. The third kappa shape index (κ3) is 5.05. The number of benzene rings is 2. The van der Waals surface area contributed by atoms with Crippen LogP contribution in [0.15, 0.2) is 79.3 Å². The first-order valence-electron chi connectivity index (χ1n) is 10.4. The van der Waals surface area contributed by atoms with Crippen molar-refractivity contribution < 1.29 is 0 Å². The van der Waals surface area contributed by atoms with Gasteiger partial charge in [-0.1, -0.05) is 36.4 Å². The van der Waals surface area contributed by atoms with Gasteiger partial charge in [0.15, 0.2) is 0 Å². The van der Waals surface area contributed by atoms with Crippen LogP contribution < -0.4 is 16.8 Å². The lowest BCUT2D eigenvalue weighted by atomic mass is 10.00. The highest BCUT2D eigenvalue weighted by molar-refractivity contribution is 5.80. The van der Waals surface area contributed by atoms with Crippen molar-refractivity contribution in [1.29, 1.82) is 0 Å². The van der Waals surface area contributed by atoms with Crippen LogP contribution in [0, 0.1) is 0 Å². The Hall–Kier alpha value is -3.77. The molecule has 4 aromatic rings. The van der Waals surface area contributed by atoms with Gasteiger partial charge in [0.05, 0.1) is 5.69 Å². The van der Waals surface area contributed by atoms with Crippen molar-refractivity contribution in [3.8, 4) is 22.4 Å². The molecule has 0 aliphatic rings. The molecule has 0 bridgehead atoms. The molecule has 0 spiro atoms. The number of nitrogens with two attached hydrogens (primary N) is 2. The summed E-state index contributed by atoms with van der Waals surface area (Å²) in [5.41, 5.74) is 18.8. The largest absolute Gasteiger partial charge is 0.399 e. The summed E-state index contributed by atoms with van der Waals surface area (Å²) < 4.78 is 0. The van der Waals surface area contributed by atoms with Gasteiger partial charge in [0, 0.05) is 48.5 Å². The number of nitrogens with zero attached hydrogens (tertiary/aromatic N) is 3. The van der Waals surface area contributed by atoms with E-state index < -0.39 is 0 Å². The predicted molar refractivity (Wildman–Crippen MR) is 126 cm³/mol. The number of hydrogen-bond donors (Lipinski definition) is 3. The minimum absolute atomic E-state index is 0.491. The van der Waals surface area contributed by atoms with Gasteiger partial charge in [-0.05, 0) is 53.8 Å². The van der Waals surface area contributed by atoms with Crippen molar-refractivity contribution in [2.24, 2.45) is 5.73 Å². The van der Waals surface area contributed by atoms with Crippen LogP contribution in [0.1, 0.15) is 17.5 Å². The number of anilines is 2. The molecule has 0 aliphatic carbocycles. The molecule has 0 aliphatic heterocycles. The van der Waals surface area contributed by atoms with Gasteiger partial charge in [0.2, 0.25) is 5.95 Å². The average Bonchev–Trinajstić information content (AvgIpc) is 2.83. The molecular formula is C25H26N6. The zero-order valence-corrected chi connectivity index (χ0v) is 17.3. The van der Waals surface area contributed by atoms with Gasteiger partial charge in [-0.3, -0.25) is 4.98 Å². The molecule has 4 rings (SSSR count). The molecule has 6 nitrogen and oxygen atoms in total. The molecule has 6 heteroatoms. The molecule has 31 heavy (non-hydrogen) atoms. The minimum atomic E-state index is 0.491. The van der Waals surface area contributed by atoms with E-state index in [1.807, 2.05) is 48.7 Å². The first-order chi connectivity index (χ1) is 15.2.